The summed E-state index contributed by atoms with van der Waals surface area (Å²) >= 11 is 0. The van der Waals surface area contributed by atoms with Crippen LogP contribution in [0.4, 0.5) is 11.4 Å². The number of ketones is 1. The number of aryl methyl sites for hydroxylation is 1. The SMILES string of the molecule is CC(=O)CCc1ccc2c(c1)C(C)(C)/C(=C\C=C\C1=[N+](C)c3ccccc3C1(C)C)N2C. The van der Waals surface area contributed by atoms with Crippen LogP contribution in [0.1, 0.15) is 57.7 Å². The number of Topliss-reactive ketones (excluding diaryl/α,β-unsaturated/α-hetero) is 1. The Labute approximate surface area is 192 Å². The van der Waals surface area contributed by atoms with Crippen molar-refractivity contribution in [1.29, 1.82) is 0 Å². The van der Waals surface area contributed by atoms with Gasteiger partial charge in [0, 0.05) is 48.0 Å². The first-order chi connectivity index (χ1) is 15.0. The number of rotatable bonds is 5. The predicted molar refractivity (Wildman–Crippen MR) is 134 cm³/mol. The van der Waals surface area contributed by atoms with Crippen LogP contribution in [0.2, 0.25) is 0 Å². The number of likely N-dealkylation sites (N-methyl/N-ethyl adjacent to an activating group) is 1. The molecule has 2 aromatic rings. The van der Waals surface area contributed by atoms with Crippen LogP contribution in [0, 0.1) is 0 Å². The molecule has 3 heteroatoms. The lowest BCUT2D eigenvalue weighted by atomic mass is 9.81. The second-order valence-electron chi connectivity index (χ2n) is 10.2. The first-order valence-corrected chi connectivity index (χ1v) is 11.5. The van der Waals surface area contributed by atoms with E-state index in [1.165, 1.54) is 39.5 Å². The van der Waals surface area contributed by atoms with Gasteiger partial charge in [-0.25, -0.2) is 0 Å². The van der Waals surface area contributed by atoms with Crippen LogP contribution in [0.15, 0.2) is 66.4 Å². The number of carbonyl (C=O) groups is 1. The van der Waals surface area contributed by atoms with Gasteiger partial charge in [0.1, 0.15) is 12.8 Å². The third kappa shape index (κ3) is 3.54. The number of nitrogens with zero attached hydrogens (tertiary/aromatic N) is 2. The minimum Gasteiger partial charge on any atom is -0.347 e. The fourth-order valence-corrected chi connectivity index (χ4v) is 5.39. The third-order valence-corrected chi connectivity index (χ3v) is 7.31. The van der Waals surface area contributed by atoms with E-state index in [2.05, 4.69) is 112 Å². The van der Waals surface area contributed by atoms with Crippen molar-refractivity contribution in [2.24, 2.45) is 0 Å². The Hall–Kier alpha value is -2.94. The molecule has 0 aliphatic carbocycles. The number of allylic oxidation sites excluding steroid dienone is 4. The van der Waals surface area contributed by atoms with Crippen LogP contribution in [-0.4, -0.2) is 30.2 Å². The van der Waals surface area contributed by atoms with Crippen molar-refractivity contribution >= 4 is 22.9 Å². The lowest BCUT2D eigenvalue weighted by Gasteiger charge is -2.23. The number of anilines is 1. The molecule has 2 aromatic carbocycles. The van der Waals surface area contributed by atoms with Crippen molar-refractivity contribution < 1.29 is 9.37 Å². The minimum absolute atomic E-state index is 0.0218. The first kappa shape index (κ1) is 22.3. The molecule has 4 rings (SSSR count). The molecule has 0 bridgehead atoms. The molecule has 166 valence electrons. The molecule has 0 unspecified atom stereocenters. The molecule has 0 saturated heterocycles. The molecular formula is C29H35N2O+. The van der Waals surface area contributed by atoms with Gasteiger partial charge in [-0.05, 0) is 50.5 Å². The Bertz CT molecular complexity index is 1180. The number of hydrogen-bond acceptors (Lipinski definition) is 2. The third-order valence-electron chi connectivity index (χ3n) is 7.31. The Balaban J connectivity index is 1.64. The van der Waals surface area contributed by atoms with E-state index in [0.29, 0.717) is 6.42 Å². The van der Waals surface area contributed by atoms with Gasteiger partial charge in [0.25, 0.3) is 0 Å². The molecule has 0 atom stereocenters. The summed E-state index contributed by atoms with van der Waals surface area (Å²) < 4.78 is 2.31. The summed E-state index contributed by atoms with van der Waals surface area (Å²) in [6.07, 6.45) is 8.13. The maximum absolute atomic E-state index is 11.4. The molecule has 0 amide bonds. The van der Waals surface area contributed by atoms with Crippen molar-refractivity contribution in [2.45, 2.75) is 58.3 Å². The normalized spacial score (nSPS) is 19.7. The summed E-state index contributed by atoms with van der Waals surface area (Å²) in [5, 5.41) is 0. The van der Waals surface area contributed by atoms with E-state index in [9.17, 15) is 4.79 Å². The van der Waals surface area contributed by atoms with Crippen molar-refractivity contribution in [3.63, 3.8) is 0 Å². The second-order valence-corrected chi connectivity index (χ2v) is 10.2. The Morgan fingerprint density at radius 2 is 1.75 bits per heavy atom. The Morgan fingerprint density at radius 1 is 1.03 bits per heavy atom. The number of benzene rings is 2. The van der Waals surface area contributed by atoms with E-state index in [1.54, 1.807) is 6.92 Å². The van der Waals surface area contributed by atoms with Crippen LogP contribution in [0.5, 0.6) is 0 Å². The van der Waals surface area contributed by atoms with Gasteiger partial charge in [0.15, 0.2) is 5.71 Å². The predicted octanol–water partition coefficient (Wildman–Crippen LogP) is 6.08. The van der Waals surface area contributed by atoms with Gasteiger partial charge in [-0.15, -0.1) is 0 Å². The molecule has 0 radical (unpaired) electrons. The molecule has 2 heterocycles. The standard InChI is InChI=1S/C29H35N2O/c1-20(32)15-16-21-17-18-25-23(19-21)29(4,5)27(31(25)7)14-10-13-26-28(2,3)22-11-8-9-12-24(22)30(26)6/h8-14,17-19H,15-16H2,1-7H3/q+1. The van der Waals surface area contributed by atoms with Crippen molar-refractivity contribution in [2.75, 3.05) is 19.0 Å². The number of para-hydroxylation sites is 1. The molecule has 2 aliphatic rings. The summed E-state index contributed by atoms with van der Waals surface area (Å²) in [6, 6.07) is 15.3. The molecule has 0 N–H and O–H groups in total. The fraction of sp³-hybridized carbons (Fsp3) is 0.379. The molecule has 3 nitrogen and oxygen atoms in total. The van der Waals surface area contributed by atoms with Gasteiger partial charge in [-0.2, -0.15) is 4.58 Å². The highest BCUT2D eigenvalue weighted by atomic mass is 16.1. The molecule has 32 heavy (non-hydrogen) atoms. The molecule has 0 aromatic heterocycles. The summed E-state index contributed by atoms with van der Waals surface area (Å²) in [5.41, 5.74) is 8.95. The van der Waals surface area contributed by atoms with Crippen molar-refractivity contribution in [3.8, 4) is 0 Å². The zero-order valence-corrected chi connectivity index (χ0v) is 20.5. The molecular weight excluding hydrogens is 392 g/mol. The number of hydrogen-bond donors (Lipinski definition) is 0. The van der Waals surface area contributed by atoms with Crippen molar-refractivity contribution in [3.05, 3.63) is 83.1 Å². The van der Waals surface area contributed by atoms with Gasteiger partial charge in [-0.1, -0.05) is 50.3 Å². The van der Waals surface area contributed by atoms with E-state index in [1.807, 2.05) is 0 Å². The van der Waals surface area contributed by atoms with Gasteiger partial charge in [-0.3, -0.25) is 0 Å². The maximum atomic E-state index is 11.4. The molecule has 0 spiro atoms. The van der Waals surface area contributed by atoms with Crippen LogP contribution < -0.4 is 4.90 Å². The highest BCUT2D eigenvalue weighted by molar-refractivity contribution is 6.03. The van der Waals surface area contributed by atoms with Crippen molar-refractivity contribution in [1.82, 2.24) is 0 Å². The van der Waals surface area contributed by atoms with Crippen LogP contribution in [0.3, 0.4) is 0 Å². The summed E-state index contributed by atoms with van der Waals surface area (Å²) in [5.74, 6) is 0.243. The second kappa shape index (κ2) is 7.88. The van der Waals surface area contributed by atoms with E-state index in [0.717, 1.165) is 6.42 Å². The topological polar surface area (TPSA) is 23.3 Å². The van der Waals surface area contributed by atoms with Crippen LogP contribution >= 0.6 is 0 Å². The molecule has 2 aliphatic heterocycles. The zero-order valence-electron chi connectivity index (χ0n) is 20.5. The van der Waals surface area contributed by atoms with Gasteiger partial charge in [0.05, 0.1) is 5.41 Å². The van der Waals surface area contributed by atoms with E-state index in [-0.39, 0.29) is 16.6 Å². The van der Waals surface area contributed by atoms with E-state index < -0.39 is 0 Å². The average Bonchev–Trinajstić information content (AvgIpc) is 3.06. The van der Waals surface area contributed by atoms with E-state index in [4.69, 9.17) is 0 Å². The quantitative estimate of drug-likeness (QED) is 0.540. The smallest absolute Gasteiger partial charge is 0.209 e. The Kier molecular flexibility index (Phi) is 5.48. The molecule has 0 saturated carbocycles. The Morgan fingerprint density at radius 3 is 2.44 bits per heavy atom. The fourth-order valence-electron chi connectivity index (χ4n) is 5.39. The lowest BCUT2D eigenvalue weighted by Crippen LogP contribution is -2.26. The average molecular weight is 428 g/mol. The van der Waals surface area contributed by atoms with Gasteiger partial charge >= 0.3 is 0 Å². The zero-order chi connectivity index (χ0) is 23.3. The summed E-state index contributed by atoms with van der Waals surface area (Å²) in [4.78, 5) is 13.7. The van der Waals surface area contributed by atoms with Gasteiger partial charge in [0.2, 0.25) is 5.69 Å². The minimum atomic E-state index is -0.0919. The lowest BCUT2D eigenvalue weighted by molar-refractivity contribution is -0.401. The highest BCUT2D eigenvalue weighted by Gasteiger charge is 2.42. The largest absolute Gasteiger partial charge is 0.347 e. The van der Waals surface area contributed by atoms with Gasteiger partial charge < -0.3 is 9.69 Å². The highest BCUT2D eigenvalue weighted by Crippen LogP contribution is 2.47. The summed E-state index contributed by atoms with van der Waals surface area (Å²) in [6.45, 7) is 10.8. The number of carbonyl (C=O) groups excluding carboxylic acids is 1. The summed E-state index contributed by atoms with van der Waals surface area (Å²) in [7, 11) is 4.31. The number of fused-ring (bicyclic) bond motifs is 2. The maximum Gasteiger partial charge on any atom is 0.209 e. The molecule has 0 fully saturated rings. The van der Waals surface area contributed by atoms with Crippen LogP contribution in [-0.2, 0) is 22.0 Å². The monoisotopic (exact) mass is 427 g/mol. The van der Waals surface area contributed by atoms with Crippen LogP contribution in [0.25, 0.3) is 0 Å². The van der Waals surface area contributed by atoms with E-state index >= 15 is 0 Å². The first-order valence-electron chi connectivity index (χ1n) is 11.5.